The largest absolute Gasteiger partial charge is 0.379 e. The van der Waals surface area contributed by atoms with Crippen molar-refractivity contribution >= 4 is 78.0 Å². The highest BCUT2D eigenvalue weighted by atomic mass is 35.5. The summed E-state index contributed by atoms with van der Waals surface area (Å²) in [5.41, 5.74) is 6.63. The summed E-state index contributed by atoms with van der Waals surface area (Å²) in [6.07, 6.45) is 1.07. The van der Waals surface area contributed by atoms with Crippen LogP contribution >= 0.6 is 46.4 Å². The van der Waals surface area contributed by atoms with Crippen molar-refractivity contribution in [1.82, 2.24) is 19.8 Å². The first kappa shape index (κ1) is 57.7. The van der Waals surface area contributed by atoms with Gasteiger partial charge < -0.3 is 34.1 Å². The van der Waals surface area contributed by atoms with Gasteiger partial charge in [0.15, 0.2) is 15.6 Å². The number of sulfonamides is 1. The van der Waals surface area contributed by atoms with Crippen LogP contribution in [0.3, 0.4) is 0 Å². The first-order valence-electron chi connectivity index (χ1n) is 24.5. The first-order valence-corrected chi connectivity index (χ1v) is 29.1. The lowest BCUT2D eigenvalue weighted by Crippen LogP contribution is -2.31. The van der Waals surface area contributed by atoms with Crippen LogP contribution in [0, 0.1) is 0 Å². The van der Waals surface area contributed by atoms with Gasteiger partial charge in [-0.3, -0.25) is 9.59 Å². The van der Waals surface area contributed by atoms with E-state index in [4.69, 9.17) is 65.4 Å². The second-order valence-corrected chi connectivity index (χ2v) is 24.0. The maximum Gasteiger partial charge on any atom is 0.251 e. The van der Waals surface area contributed by atoms with Gasteiger partial charge in [-0.15, -0.1) is 0 Å². The average Bonchev–Trinajstić information content (AvgIpc) is 3.37. The van der Waals surface area contributed by atoms with Crippen LogP contribution in [0.1, 0.15) is 85.2 Å². The molecular weight excluding hydrogens is 1070 g/mol. The van der Waals surface area contributed by atoms with Crippen LogP contribution in [-0.4, -0.2) is 137 Å². The molecular formula is C54H62Cl4N4O10S2. The number of nitrogens with zero attached hydrogens (tertiary/aromatic N) is 2. The maximum atomic E-state index is 13.3. The normalized spacial score (nSPS) is 16.2. The number of rotatable bonds is 27. The van der Waals surface area contributed by atoms with Crippen LogP contribution in [-0.2, 0) is 51.9 Å². The molecule has 0 bridgehead atoms. The Morgan fingerprint density at radius 1 is 0.581 bits per heavy atom. The van der Waals surface area contributed by atoms with Gasteiger partial charge in [0.2, 0.25) is 10.0 Å². The number of ketones is 1. The summed E-state index contributed by atoms with van der Waals surface area (Å²) < 4.78 is 77.9. The quantitative estimate of drug-likeness (QED) is 0.0379. The van der Waals surface area contributed by atoms with Gasteiger partial charge in [-0.1, -0.05) is 82.8 Å². The monoisotopic (exact) mass is 1130 g/mol. The highest BCUT2D eigenvalue weighted by Gasteiger charge is 2.30. The first-order chi connectivity index (χ1) is 35.5. The Kier molecular flexibility index (Phi) is 21.3. The Labute approximate surface area is 454 Å². The van der Waals surface area contributed by atoms with E-state index < -0.39 is 19.9 Å². The molecule has 0 aromatic heterocycles. The van der Waals surface area contributed by atoms with Crippen LogP contribution in [0.25, 0.3) is 0 Å². The van der Waals surface area contributed by atoms with Crippen LogP contribution in [0.5, 0.6) is 0 Å². The van der Waals surface area contributed by atoms with Crippen molar-refractivity contribution in [2.45, 2.75) is 54.0 Å². The van der Waals surface area contributed by atoms with Gasteiger partial charge in [-0.25, -0.2) is 21.6 Å². The van der Waals surface area contributed by atoms with Gasteiger partial charge in [0.05, 0.1) is 55.2 Å². The molecule has 0 saturated carbocycles. The molecule has 5 aromatic carbocycles. The molecule has 0 saturated heterocycles. The van der Waals surface area contributed by atoms with Crippen molar-refractivity contribution in [3.8, 4) is 0 Å². The predicted molar refractivity (Wildman–Crippen MR) is 290 cm³/mol. The zero-order valence-electron chi connectivity index (χ0n) is 41.4. The summed E-state index contributed by atoms with van der Waals surface area (Å²) >= 11 is 25.7. The summed E-state index contributed by atoms with van der Waals surface area (Å²) in [5.74, 6) is -0.607. The van der Waals surface area contributed by atoms with E-state index in [1.165, 1.54) is 0 Å². The van der Waals surface area contributed by atoms with E-state index in [0.29, 0.717) is 76.8 Å². The number of amides is 1. The SMILES string of the molecule is CN1Cc2c(Cl)cc(Cl)cc2C(c2cccc(S(=O)(=O)CCCOCCOCCNC(=O)c3ccc(C(=O)CCCOCCOCCNS(=O)(=O)c4cccc(C5CN(C)Cc6c(Cl)cc(Cl)cc65)c4)cc3)c2)C1. The Balaban J connectivity index is 0.700. The third-order valence-electron chi connectivity index (χ3n) is 12.9. The van der Waals surface area contributed by atoms with Gasteiger partial charge in [0.1, 0.15) is 0 Å². The highest BCUT2D eigenvalue weighted by molar-refractivity contribution is 7.91. The van der Waals surface area contributed by atoms with Gasteiger partial charge in [-0.05, 0) is 121 Å². The van der Waals surface area contributed by atoms with Crippen LogP contribution in [0.4, 0.5) is 0 Å². The maximum absolute atomic E-state index is 13.3. The molecule has 2 aliphatic rings. The van der Waals surface area contributed by atoms with Crippen molar-refractivity contribution in [3.05, 3.63) is 162 Å². The van der Waals surface area contributed by atoms with Gasteiger partial charge in [0.25, 0.3) is 5.91 Å². The fraction of sp³-hybridized carbons (Fsp3) is 0.407. The van der Waals surface area contributed by atoms with Gasteiger partial charge >= 0.3 is 0 Å². The molecule has 5 aromatic rings. The minimum atomic E-state index is -3.80. The second kappa shape index (κ2) is 27.4. The highest BCUT2D eigenvalue weighted by Crippen LogP contribution is 2.40. The zero-order chi connectivity index (χ0) is 52.8. The van der Waals surface area contributed by atoms with E-state index in [2.05, 4.69) is 19.8 Å². The third-order valence-corrected chi connectivity index (χ3v) is 17.2. The Morgan fingerprint density at radius 3 is 1.64 bits per heavy atom. The van der Waals surface area contributed by atoms with E-state index >= 15 is 0 Å². The molecule has 1 amide bonds. The molecule has 20 heteroatoms. The molecule has 2 unspecified atom stereocenters. The van der Waals surface area contributed by atoms with Crippen molar-refractivity contribution in [1.29, 1.82) is 0 Å². The average molecular weight is 1130 g/mol. The number of sulfone groups is 1. The van der Waals surface area contributed by atoms with E-state index in [1.54, 1.807) is 72.8 Å². The number of fused-ring (bicyclic) bond motifs is 2. The van der Waals surface area contributed by atoms with E-state index in [1.807, 2.05) is 38.4 Å². The van der Waals surface area contributed by atoms with Crippen molar-refractivity contribution in [2.24, 2.45) is 0 Å². The molecule has 398 valence electrons. The molecule has 14 nitrogen and oxygen atoms in total. The standard InChI is InChI=1S/C54H62Cl4N4O10S2/c1-61-33-47(45-29-41(55)31-51(57)49(45)35-61)39-7-3-9-43(27-39)73(65,66)26-6-19-70-23-24-71-20-16-59-54(64)38-14-12-37(13-15-38)53(63)11-5-18-69-22-25-72-21-17-60-74(67,68)44-10-4-8-40(28-44)48-34-62(2)36-50-46(48)30-42(56)32-52(50)58/h3-4,7-10,12-15,27-32,47-48,60H,5-6,11,16-26,33-36H2,1-2H3,(H,59,64). The van der Waals surface area contributed by atoms with Crippen LogP contribution in [0.2, 0.25) is 20.1 Å². The number of hydrogen-bond donors (Lipinski definition) is 2. The number of carbonyl (C=O) groups is 2. The fourth-order valence-electron chi connectivity index (χ4n) is 9.15. The summed E-state index contributed by atoms with van der Waals surface area (Å²) in [6, 6.07) is 27.7. The molecule has 2 atom stereocenters. The Bertz CT molecular complexity index is 2770. The molecule has 74 heavy (non-hydrogen) atoms. The van der Waals surface area contributed by atoms with Crippen molar-refractivity contribution in [3.63, 3.8) is 0 Å². The van der Waals surface area contributed by atoms with Crippen molar-refractivity contribution < 1.29 is 45.4 Å². The van der Waals surface area contributed by atoms with Crippen LogP contribution in [0.15, 0.2) is 107 Å². The topological polar surface area (TPSA) is 170 Å². The number of halogens is 4. The molecule has 2 heterocycles. The summed E-state index contributed by atoms with van der Waals surface area (Å²) in [4.78, 5) is 30.2. The zero-order valence-corrected chi connectivity index (χ0v) is 46.1. The second-order valence-electron chi connectivity index (χ2n) is 18.4. The molecule has 0 fully saturated rings. The summed E-state index contributed by atoms with van der Waals surface area (Å²) in [5, 5.41) is 5.08. The number of nitrogens with one attached hydrogen (secondary N) is 2. The molecule has 0 spiro atoms. The van der Waals surface area contributed by atoms with E-state index in [0.717, 1.165) is 33.4 Å². The smallest absolute Gasteiger partial charge is 0.251 e. The Morgan fingerprint density at radius 2 is 1.07 bits per heavy atom. The van der Waals surface area contributed by atoms with E-state index in [-0.39, 0.29) is 105 Å². The predicted octanol–water partition coefficient (Wildman–Crippen LogP) is 9.06. The molecule has 2 aliphatic heterocycles. The van der Waals surface area contributed by atoms with Crippen molar-refractivity contribution in [2.75, 3.05) is 98.9 Å². The lowest BCUT2D eigenvalue weighted by atomic mass is 9.85. The summed E-state index contributed by atoms with van der Waals surface area (Å²) in [6.45, 7) is 5.20. The van der Waals surface area contributed by atoms with Gasteiger partial charge in [0, 0.05) is 102 Å². The number of hydrogen-bond acceptors (Lipinski definition) is 12. The minimum Gasteiger partial charge on any atom is -0.379 e. The molecule has 0 aliphatic carbocycles. The molecule has 7 rings (SSSR count). The number of likely N-dealkylation sites (N-methyl/N-ethyl adjacent to an activating group) is 2. The van der Waals surface area contributed by atoms with Gasteiger partial charge in [-0.2, -0.15) is 0 Å². The molecule has 0 radical (unpaired) electrons. The Hall–Kier alpha value is -3.98. The van der Waals surface area contributed by atoms with Crippen LogP contribution < -0.4 is 10.0 Å². The minimum absolute atomic E-state index is 0.0631. The number of ether oxygens (including phenoxy) is 4. The fourth-order valence-corrected chi connectivity index (χ4v) is 12.7. The third kappa shape index (κ3) is 16.0. The lowest BCUT2D eigenvalue weighted by molar-refractivity contribution is 0.0481. The number of benzene rings is 5. The lowest BCUT2D eigenvalue weighted by Gasteiger charge is -2.33. The van der Waals surface area contributed by atoms with E-state index in [9.17, 15) is 26.4 Å². The number of carbonyl (C=O) groups excluding carboxylic acids is 2. The summed E-state index contributed by atoms with van der Waals surface area (Å²) in [7, 11) is -3.34. The number of Topliss-reactive ketones (excluding diaryl/α,β-unsaturated/α-hetero) is 1. The molecule has 2 N–H and O–H groups in total.